The van der Waals surface area contributed by atoms with Crippen LogP contribution in [0.2, 0.25) is 0 Å². The van der Waals surface area contributed by atoms with E-state index in [1.54, 1.807) is 18.2 Å². The molecule has 0 unspecified atom stereocenters. The Morgan fingerprint density at radius 1 is 1.04 bits per heavy atom. The normalized spacial score (nSPS) is 11.6. The molecule has 1 heterocycles. The van der Waals surface area contributed by atoms with Gasteiger partial charge >= 0.3 is 0 Å². The summed E-state index contributed by atoms with van der Waals surface area (Å²) in [6, 6.07) is 8.80. The third kappa shape index (κ3) is 5.12. The van der Waals surface area contributed by atoms with E-state index in [0.717, 1.165) is 23.7 Å². The number of thiophene rings is 1. The summed E-state index contributed by atoms with van der Waals surface area (Å²) in [6.45, 7) is 10.00. The Morgan fingerprint density at radius 2 is 1.71 bits per heavy atom. The highest BCUT2D eigenvalue weighted by molar-refractivity contribution is 7.89. The first kappa shape index (κ1) is 22.4. The summed E-state index contributed by atoms with van der Waals surface area (Å²) >= 11 is 1.52. The Morgan fingerprint density at radius 3 is 2.25 bits per heavy atom. The number of benzene rings is 1. The third-order valence-electron chi connectivity index (χ3n) is 4.60. The number of carbonyl (C=O) groups is 1. The Kier molecular flexibility index (Phi) is 8.03. The molecule has 2 aromatic rings. The number of amides is 1. The molecule has 1 aromatic carbocycles. The van der Waals surface area contributed by atoms with Crippen molar-refractivity contribution in [2.75, 3.05) is 36.4 Å². The van der Waals surface area contributed by atoms with Crippen LogP contribution in [0.1, 0.15) is 32.6 Å². The smallest absolute Gasteiger partial charge is 0.243 e. The third-order valence-corrected chi connectivity index (χ3v) is 7.53. The molecular weight excluding hydrogens is 394 g/mol. The summed E-state index contributed by atoms with van der Waals surface area (Å²) in [5.74, 6) is -0.159. The minimum atomic E-state index is -3.60. The van der Waals surface area contributed by atoms with Crippen LogP contribution in [-0.2, 0) is 21.2 Å². The minimum absolute atomic E-state index is 0.159. The van der Waals surface area contributed by atoms with Crippen LogP contribution in [0.15, 0.2) is 40.6 Å². The van der Waals surface area contributed by atoms with E-state index in [0.29, 0.717) is 18.8 Å². The maximum Gasteiger partial charge on any atom is 0.243 e. The average Bonchev–Trinajstić information content (AvgIpc) is 3.17. The molecule has 0 aliphatic heterocycles. The zero-order chi connectivity index (χ0) is 20.7. The van der Waals surface area contributed by atoms with Crippen LogP contribution in [0.25, 0.3) is 0 Å². The molecule has 0 saturated heterocycles. The number of sulfonamides is 1. The van der Waals surface area contributed by atoms with E-state index < -0.39 is 10.0 Å². The second-order valence-corrected chi connectivity index (χ2v) is 9.22. The molecule has 0 bridgehead atoms. The maximum absolute atomic E-state index is 12.9. The molecule has 0 aliphatic rings. The number of carbonyl (C=O) groups excluding carboxylic acids is 1. The van der Waals surface area contributed by atoms with Crippen LogP contribution in [0, 0.1) is 0 Å². The highest BCUT2D eigenvalue weighted by Gasteiger charge is 2.24. The molecule has 2 rings (SSSR count). The van der Waals surface area contributed by atoms with Crippen LogP contribution in [0.4, 0.5) is 11.4 Å². The summed E-state index contributed by atoms with van der Waals surface area (Å²) in [7, 11) is -3.60. The molecule has 1 aromatic heterocycles. The van der Waals surface area contributed by atoms with Gasteiger partial charge in [-0.1, -0.05) is 19.9 Å². The van der Waals surface area contributed by atoms with E-state index in [1.807, 2.05) is 45.2 Å². The first-order chi connectivity index (χ1) is 13.4. The van der Waals surface area contributed by atoms with Crippen molar-refractivity contribution in [3.05, 3.63) is 40.6 Å². The van der Waals surface area contributed by atoms with Gasteiger partial charge in [0.2, 0.25) is 15.9 Å². The molecule has 154 valence electrons. The Balaban J connectivity index is 2.41. The van der Waals surface area contributed by atoms with E-state index in [-0.39, 0.29) is 17.2 Å². The lowest BCUT2D eigenvalue weighted by molar-refractivity contribution is -0.115. The van der Waals surface area contributed by atoms with E-state index in [9.17, 15) is 13.2 Å². The molecule has 0 saturated carbocycles. The van der Waals surface area contributed by atoms with Gasteiger partial charge in [-0.2, -0.15) is 4.31 Å². The summed E-state index contributed by atoms with van der Waals surface area (Å²) in [6.07, 6.45) is 0.266. The molecule has 0 spiro atoms. The van der Waals surface area contributed by atoms with Crippen LogP contribution >= 0.6 is 11.3 Å². The van der Waals surface area contributed by atoms with Gasteiger partial charge in [0.15, 0.2) is 0 Å². The van der Waals surface area contributed by atoms with Crippen molar-refractivity contribution >= 4 is 38.6 Å². The highest BCUT2D eigenvalue weighted by atomic mass is 32.2. The lowest BCUT2D eigenvalue weighted by atomic mass is 10.2. The van der Waals surface area contributed by atoms with Crippen LogP contribution in [-0.4, -0.2) is 44.8 Å². The first-order valence-electron chi connectivity index (χ1n) is 9.58. The summed E-state index contributed by atoms with van der Waals surface area (Å²) in [5.41, 5.74) is 1.35. The zero-order valence-electron chi connectivity index (χ0n) is 16.9. The van der Waals surface area contributed by atoms with E-state index in [2.05, 4.69) is 10.2 Å². The molecule has 0 atom stereocenters. The molecule has 0 aliphatic carbocycles. The number of rotatable bonds is 10. The van der Waals surface area contributed by atoms with Gasteiger partial charge in [-0.3, -0.25) is 4.79 Å². The highest BCUT2D eigenvalue weighted by Crippen LogP contribution is 2.30. The SMILES string of the molecule is CCN(CC)c1ccc(S(=O)(=O)N(CC)CC)cc1NC(=O)Cc1cccs1. The van der Waals surface area contributed by atoms with Crippen LogP contribution in [0.3, 0.4) is 0 Å². The maximum atomic E-state index is 12.9. The van der Waals surface area contributed by atoms with Gasteiger partial charge < -0.3 is 10.2 Å². The number of anilines is 2. The van der Waals surface area contributed by atoms with Crippen molar-refractivity contribution in [2.45, 2.75) is 39.0 Å². The summed E-state index contributed by atoms with van der Waals surface area (Å²) in [5, 5.41) is 4.86. The van der Waals surface area contributed by atoms with E-state index in [1.165, 1.54) is 15.6 Å². The Bertz CT molecular complexity index is 872. The van der Waals surface area contributed by atoms with Gasteiger partial charge in [-0.05, 0) is 43.5 Å². The van der Waals surface area contributed by atoms with Gasteiger partial charge in [0, 0.05) is 31.1 Å². The number of hydrogen-bond acceptors (Lipinski definition) is 5. The van der Waals surface area contributed by atoms with Crippen molar-refractivity contribution < 1.29 is 13.2 Å². The van der Waals surface area contributed by atoms with Crippen LogP contribution < -0.4 is 10.2 Å². The topological polar surface area (TPSA) is 69.7 Å². The van der Waals surface area contributed by atoms with Gasteiger partial charge in [0.1, 0.15) is 0 Å². The molecule has 28 heavy (non-hydrogen) atoms. The van der Waals surface area contributed by atoms with Gasteiger partial charge in [-0.25, -0.2) is 8.42 Å². The molecule has 1 amide bonds. The van der Waals surface area contributed by atoms with Crippen LogP contribution in [0.5, 0.6) is 0 Å². The first-order valence-corrected chi connectivity index (χ1v) is 11.9. The van der Waals surface area contributed by atoms with Gasteiger partial charge in [0.25, 0.3) is 0 Å². The Hall–Kier alpha value is -1.90. The molecule has 1 N–H and O–H groups in total. The van der Waals surface area contributed by atoms with Gasteiger partial charge in [-0.15, -0.1) is 11.3 Å². The van der Waals surface area contributed by atoms with Crippen molar-refractivity contribution in [3.8, 4) is 0 Å². The van der Waals surface area contributed by atoms with E-state index in [4.69, 9.17) is 0 Å². The fraction of sp³-hybridized carbons (Fsp3) is 0.450. The lowest BCUT2D eigenvalue weighted by Crippen LogP contribution is -2.31. The van der Waals surface area contributed by atoms with Gasteiger partial charge in [0.05, 0.1) is 22.7 Å². The predicted octanol–water partition coefficient (Wildman–Crippen LogP) is 3.81. The molecule has 0 radical (unpaired) electrons. The summed E-state index contributed by atoms with van der Waals surface area (Å²) in [4.78, 5) is 15.8. The van der Waals surface area contributed by atoms with Crippen molar-refractivity contribution in [1.29, 1.82) is 0 Å². The molecule has 6 nitrogen and oxygen atoms in total. The fourth-order valence-electron chi connectivity index (χ4n) is 3.09. The molecule has 8 heteroatoms. The second kappa shape index (κ2) is 10.0. The summed E-state index contributed by atoms with van der Waals surface area (Å²) < 4.78 is 27.2. The lowest BCUT2D eigenvalue weighted by Gasteiger charge is -2.26. The Labute approximate surface area is 172 Å². The molecule has 0 fully saturated rings. The number of nitrogens with one attached hydrogen (secondary N) is 1. The zero-order valence-corrected chi connectivity index (χ0v) is 18.6. The quantitative estimate of drug-likeness (QED) is 0.631. The monoisotopic (exact) mass is 423 g/mol. The van der Waals surface area contributed by atoms with Crippen molar-refractivity contribution in [1.82, 2.24) is 4.31 Å². The average molecular weight is 424 g/mol. The molecular formula is C20H29N3O3S2. The minimum Gasteiger partial charge on any atom is -0.370 e. The van der Waals surface area contributed by atoms with Crippen molar-refractivity contribution in [3.63, 3.8) is 0 Å². The second-order valence-electron chi connectivity index (χ2n) is 6.24. The standard InChI is InChI=1S/C20H29N3O3S2/c1-5-22(6-2)19-12-11-17(28(25,26)23(7-3)8-4)15-18(19)21-20(24)14-16-10-9-13-27-16/h9-13,15H,5-8,14H2,1-4H3,(H,21,24). The van der Waals surface area contributed by atoms with Crippen molar-refractivity contribution in [2.24, 2.45) is 0 Å². The fourth-order valence-corrected chi connectivity index (χ4v) is 5.28. The largest absolute Gasteiger partial charge is 0.370 e. The van der Waals surface area contributed by atoms with E-state index >= 15 is 0 Å². The predicted molar refractivity (Wildman–Crippen MR) is 117 cm³/mol. The number of hydrogen-bond donors (Lipinski definition) is 1. The number of nitrogens with zero attached hydrogens (tertiary/aromatic N) is 2.